The Balaban J connectivity index is 1.42. The summed E-state index contributed by atoms with van der Waals surface area (Å²) in [5, 5.41) is 10.2. The number of hydrogen-bond acceptors (Lipinski definition) is 4. The average molecular weight is 391 g/mol. The molecule has 1 aliphatic carbocycles. The SMILES string of the molecule is O=C(CC1Sc2ccc(Cl)cc2NC1=O)Nc1ccnn1C1CCCC1. The molecule has 1 fully saturated rings. The lowest BCUT2D eigenvalue weighted by molar-refractivity contribution is -0.120. The normalized spacial score (nSPS) is 19.9. The van der Waals surface area contributed by atoms with Crippen LogP contribution in [0.5, 0.6) is 0 Å². The molecule has 2 aliphatic rings. The molecular weight excluding hydrogens is 372 g/mol. The quantitative estimate of drug-likeness (QED) is 0.824. The number of nitrogens with zero attached hydrogens (tertiary/aromatic N) is 2. The Hall–Kier alpha value is -1.99. The van der Waals surface area contributed by atoms with E-state index in [-0.39, 0.29) is 18.2 Å². The van der Waals surface area contributed by atoms with Gasteiger partial charge in [-0.2, -0.15) is 5.10 Å². The molecule has 1 aliphatic heterocycles. The molecule has 6 nitrogen and oxygen atoms in total. The Labute approximate surface area is 160 Å². The van der Waals surface area contributed by atoms with Crippen molar-refractivity contribution in [1.29, 1.82) is 0 Å². The summed E-state index contributed by atoms with van der Waals surface area (Å²) in [7, 11) is 0. The van der Waals surface area contributed by atoms with E-state index in [1.807, 2.05) is 16.8 Å². The van der Waals surface area contributed by atoms with Crippen LogP contribution in [0.25, 0.3) is 0 Å². The van der Waals surface area contributed by atoms with Gasteiger partial charge in [0.05, 0.1) is 23.2 Å². The molecule has 2 amide bonds. The number of carbonyl (C=O) groups excluding carboxylic acids is 2. The average Bonchev–Trinajstić information content (AvgIpc) is 3.27. The van der Waals surface area contributed by atoms with Crippen LogP contribution in [-0.2, 0) is 9.59 Å². The molecular formula is C18H19ClN4O2S. The number of carbonyl (C=O) groups is 2. The Kier molecular flexibility index (Phi) is 4.91. The summed E-state index contributed by atoms with van der Waals surface area (Å²) >= 11 is 7.35. The van der Waals surface area contributed by atoms with Crippen LogP contribution in [0.2, 0.25) is 5.02 Å². The maximum atomic E-state index is 12.5. The molecule has 1 unspecified atom stereocenters. The molecule has 2 heterocycles. The zero-order valence-electron chi connectivity index (χ0n) is 14.1. The van der Waals surface area contributed by atoms with Crippen LogP contribution in [0, 0.1) is 0 Å². The van der Waals surface area contributed by atoms with Gasteiger partial charge in [-0.05, 0) is 31.0 Å². The third-order valence-electron chi connectivity index (χ3n) is 4.74. The Morgan fingerprint density at radius 3 is 2.96 bits per heavy atom. The van der Waals surface area contributed by atoms with Crippen molar-refractivity contribution < 1.29 is 9.59 Å². The van der Waals surface area contributed by atoms with E-state index in [0.29, 0.717) is 22.6 Å². The van der Waals surface area contributed by atoms with E-state index in [2.05, 4.69) is 15.7 Å². The summed E-state index contributed by atoms with van der Waals surface area (Å²) in [6, 6.07) is 7.52. The number of nitrogens with one attached hydrogen (secondary N) is 2. The van der Waals surface area contributed by atoms with Crippen molar-refractivity contribution in [3.63, 3.8) is 0 Å². The first kappa shape index (κ1) is 17.4. The summed E-state index contributed by atoms with van der Waals surface area (Å²) in [6.07, 6.45) is 6.38. The summed E-state index contributed by atoms with van der Waals surface area (Å²) < 4.78 is 1.90. The van der Waals surface area contributed by atoms with Crippen molar-refractivity contribution in [2.24, 2.45) is 0 Å². The predicted octanol–water partition coefficient (Wildman–Crippen LogP) is 4.09. The smallest absolute Gasteiger partial charge is 0.238 e. The third kappa shape index (κ3) is 3.59. The van der Waals surface area contributed by atoms with E-state index in [1.54, 1.807) is 18.3 Å². The lowest BCUT2D eigenvalue weighted by atomic mass is 10.2. The van der Waals surface area contributed by atoms with Gasteiger partial charge in [0.25, 0.3) is 0 Å². The van der Waals surface area contributed by atoms with Gasteiger partial charge in [-0.15, -0.1) is 11.8 Å². The zero-order chi connectivity index (χ0) is 18.1. The van der Waals surface area contributed by atoms with Gasteiger partial charge in [0.15, 0.2) is 0 Å². The lowest BCUT2D eigenvalue weighted by Crippen LogP contribution is -2.32. The van der Waals surface area contributed by atoms with Crippen molar-refractivity contribution >= 4 is 46.7 Å². The van der Waals surface area contributed by atoms with Crippen molar-refractivity contribution in [2.45, 2.75) is 48.3 Å². The number of thioether (sulfide) groups is 1. The highest BCUT2D eigenvalue weighted by atomic mass is 35.5. The van der Waals surface area contributed by atoms with E-state index in [9.17, 15) is 9.59 Å². The van der Waals surface area contributed by atoms with Crippen molar-refractivity contribution in [3.8, 4) is 0 Å². The largest absolute Gasteiger partial charge is 0.324 e. The van der Waals surface area contributed by atoms with Gasteiger partial charge in [0.1, 0.15) is 5.82 Å². The lowest BCUT2D eigenvalue weighted by Gasteiger charge is -2.24. The van der Waals surface area contributed by atoms with Crippen LogP contribution < -0.4 is 10.6 Å². The predicted molar refractivity (Wildman–Crippen MR) is 103 cm³/mol. The van der Waals surface area contributed by atoms with Gasteiger partial charge < -0.3 is 10.6 Å². The highest BCUT2D eigenvalue weighted by Crippen LogP contribution is 2.38. The van der Waals surface area contributed by atoms with E-state index < -0.39 is 5.25 Å². The minimum atomic E-state index is -0.466. The van der Waals surface area contributed by atoms with Crippen molar-refractivity contribution in [2.75, 3.05) is 10.6 Å². The number of anilines is 2. The first-order valence-corrected chi connectivity index (χ1v) is 9.96. The van der Waals surface area contributed by atoms with E-state index >= 15 is 0 Å². The molecule has 2 aromatic rings. The molecule has 1 saturated carbocycles. The highest BCUT2D eigenvalue weighted by molar-refractivity contribution is 8.01. The molecule has 1 atom stereocenters. The molecule has 0 saturated heterocycles. The Bertz CT molecular complexity index is 847. The topological polar surface area (TPSA) is 76.0 Å². The number of amides is 2. The molecule has 1 aromatic carbocycles. The van der Waals surface area contributed by atoms with Crippen LogP contribution in [0.4, 0.5) is 11.5 Å². The summed E-state index contributed by atoms with van der Waals surface area (Å²) in [6.45, 7) is 0. The van der Waals surface area contributed by atoms with E-state index in [0.717, 1.165) is 17.7 Å². The number of benzene rings is 1. The Morgan fingerprint density at radius 1 is 1.35 bits per heavy atom. The number of hydrogen-bond donors (Lipinski definition) is 2. The van der Waals surface area contributed by atoms with Crippen LogP contribution in [0.3, 0.4) is 0 Å². The maximum Gasteiger partial charge on any atom is 0.238 e. The first-order valence-electron chi connectivity index (χ1n) is 8.70. The van der Waals surface area contributed by atoms with Crippen LogP contribution in [0.15, 0.2) is 35.4 Å². The summed E-state index contributed by atoms with van der Waals surface area (Å²) in [4.78, 5) is 25.7. The van der Waals surface area contributed by atoms with Gasteiger partial charge in [-0.1, -0.05) is 24.4 Å². The monoisotopic (exact) mass is 390 g/mol. The maximum absolute atomic E-state index is 12.5. The highest BCUT2D eigenvalue weighted by Gasteiger charge is 2.29. The zero-order valence-corrected chi connectivity index (χ0v) is 15.6. The molecule has 0 bridgehead atoms. The molecule has 8 heteroatoms. The molecule has 136 valence electrons. The second-order valence-corrected chi connectivity index (χ2v) is 8.27. The van der Waals surface area contributed by atoms with Crippen molar-refractivity contribution in [3.05, 3.63) is 35.5 Å². The van der Waals surface area contributed by atoms with Gasteiger partial charge in [-0.25, -0.2) is 4.68 Å². The van der Waals surface area contributed by atoms with E-state index in [4.69, 9.17) is 11.6 Å². The Morgan fingerprint density at radius 2 is 2.15 bits per heavy atom. The molecule has 4 rings (SSSR count). The van der Waals surface area contributed by atoms with Gasteiger partial charge in [-0.3, -0.25) is 9.59 Å². The van der Waals surface area contributed by atoms with Crippen LogP contribution >= 0.6 is 23.4 Å². The van der Waals surface area contributed by atoms with Crippen LogP contribution in [0.1, 0.15) is 38.1 Å². The number of fused-ring (bicyclic) bond motifs is 1. The molecule has 0 radical (unpaired) electrons. The van der Waals surface area contributed by atoms with Gasteiger partial charge >= 0.3 is 0 Å². The fourth-order valence-corrected chi connectivity index (χ4v) is 4.74. The second-order valence-electron chi connectivity index (χ2n) is 6.59. The fraction of sp³-hybridized carbons (Fsp3) is 0.389. The summed E-state index contributed by atoms with van der Waals surface area (Å²) in [5.74, 6) is 0.342. The van der Waals surface area contributed by atoms with Crippen LogP contribution in [-0.4, -0.2) is 26.8 Å². The molecule has 2 N–H and O–H groups in total. The van der Waals surface area contributed by atoms with Gasteiger partial charge in [0.2, 0.25) is 11.8 Å². The molecule has 1 aromatic heterocycles. The minimum absolute atomic E-state index is 0.106. The molecule has 0 spiro atoms. The van der Waals surface area contributed by atoms with Gasteiger partial charge in [0, 0.05) is 22.4 Å². The summed E-state index contributed by atoms with van der Waals surface area (Å²) in [5.41, 5.74) is 0.698. The second kappa shape index (κ2) is 7.32. The fourth-order valence-electron chi connectivity index (χ4n) is 3.47. The third-order valence-corrected chi connectivity index (χ3v) is 6.25. The van der Waals surface area contributed by atoms with Crippen molar-refractivity contribution in [1.82, 2.24) is 9.78 Å². The number of halogens is 1. The standard InChI is InChI=1S/C18H19ClN4O2S/c19-11-5-6-14-13(9-11)21-18(25)15(26-14)10-17(24)22-16-7-8-20-23(16)12-3-1-2-4-12/h5-9,12,15H,1-4,10H2,(H,21,25)(H,22,24). The number of aromatic nitrogens is 2. The number of rotatable bonds is 4. The minimum Gasteiger partial charge on any atom is -0.324 e. The molecule has 26 heavy (non-hydrogen) atoms. The van der Waals surface area contributed by atoms with E-state index in [1.165, 1.54) is 24.6 Å². The first-order chi connectivity index (χ1) is 12.6.